The topological polar surface area (TPSA) is 54.8 Å². The minimum Gasteiger partial charge on any atom is -0.383 e. The summed E-state index contributed by atoms with van der Waals surface area (Å²) in [4.78, 5) is 30.1. The van der Waals surface area contributed by atoms with E-state index in [0.717, 1.165) is 16.8 Å². The first kappa shape index (κ1) is 23.3. The average molecular weight is 434 g/mol. The molecule has 3 rings (SSSR count). The predicted octanol–water partition coefficient (Wildman–Crippen LogP) is 3.65. The van der Waals surface area contributed by atoms with Crippen LogP contribution in [0.15, 0.2) is 72.9 Å². The Hall–Kier alpha value is -3.38. The molecular formula is C26H31N3O3. The zero-order valence-electron chi connectivity index (χ0n) is 19.0. The van der Waals surface area contributed by atoms with Crippen LogP contribution in [0.4, 0.5) is 0 Å². The largest absolute Gasteiger partial charge is 0.383 e. The molecule has 2 aromatic carbocycles. The third-order valence-corrected chi connectivity index (χ3v) is 5.53. The molecule has 1 aromatic heterocycles. The van der Waals surface area contributed by atoms with Gasteiger partial charge in [-0.2, -0.15) is 0 Å². The number of hydrogen-bond acceptors (Lipinski definition) is 3. The van der Waals surface area contributed by atoms with E-state index in [1.807, 2.05) is 85.4 Å². The van der Waals surface area contributed by atoms with Crippen LogP contribution in [0.5, 0.6) is 0 Å². The highest BCUT2D eigenvalue weighted by atomic mass is 16.5. The smallest absolute Gasteiger partial charge is 0.254 e. The molecule has 0 aliphatic rings. The summed E-state index contributed by atoms with van der Waals surface area (Å²) in [6.07, 6.45) is 1.97. The number of carbonyl (C=O) groups excluding carboxylic acids is 2. The summed E-state index contributed by atoms with van der Waals surface area (Å²) in [5, 5.41) is 0. The van der Waals surface area contributed by atoms with Crippen molar-refractivity contribution in [2.24, 2.45) is 7.05 Å². The van der Waals surface area contributed by atoms with Gasteiger partial charge in [-0.15, -0.1) is 0 Å². The predicted molar refractivity (Wildman–Crippen MR) is 125 cm³/mol. The van der Waals surface area contributed by atoms with Crippen LogP contribution in [0, 0.1) is 6.92 Å². The molecule has 0 aliphatic heterocycles. The van der Waals surface area contributed by atoms with Crippen LogP contribution in [-0.4, -0.2) is 53.0 Å². The van der Waals surface area contributed by atoms with Crippen molar-refractivity contribution in [3.05, 3.63) is 95.3 Å². The molecule has 1 heterocycles. The minimum atomic E-state index is -0.160. The number of hydrogen-bond donors (Lipinski definition) is 0. The summed E-state index contributed by atoms with van der Waals surface area (Å²) >= 11 is 0. The van der Waals surface area contributed by atoms with Crippen molar-refractivity contribution >= 4 is 11.8 Å². The highest BCUT2D eigenvalue weighted by molar-refractivity contribution is 5.97. The van der Waals surface area contributed by atoms with Crippen LogP contribution in [0.1, 0.15) is 27.2 Å². The van der Waals surface area contributed by atoms with Crippen molar-refractivity contribution in [2.75, 3.05) is 26.8 Å². The molecule has 2 amide bonds. The van der Waals surface area contributed by atoms with Crippen LogP contribution < -0.4 is 0 Å². The summed E-state index contributed by atoms with van der Waals surface area (Å²) in [5.74, 6) is -0.264. The van der Waals surface area contributed by atoms with E-state index in [0.29, 0.717) is 31.8 Å². The molecule has 0 saturated heterocycles. The number of ether oxygens (including phenoxy) is 1. The second-order valence-corrected chi connectivity index (χ2v) is 7.88. The number of carbonyl (C=O) groups is 2. The van der Waals surface area contributed by atoms with Crippen LogP contribution in [0.2, 0.25) is 0 Å². The fourth-order valence-electron chi connectivity index (χ4n) is 3.59. The zero-order chi connectivity index (χ0) is 22.9. The van der Waals surface area contributed by atoms with Gasteiger partial charge in [0.15, 0.2) is 0 Å². The van der Waals surface area contributed by atoms with E-state index in [1.54, 1.807) is 23.0 Å². The third kappa shape index (κ3) is 6.08. The molecule has 6 nitrogen and oxygen atoms in total. The van der Waals surface area contributed by atoms with Gasteiger partial charge in [0, 0.05) is 44.7 Å². The van der Waals surface area contributed by atoms with E-state index >= 15 is 0 Å². The summed E-state index contributed by atoms with van der Waals surface area (Å²) in [6, 6.07) is 21.3. The summed E-state index contributed by atoms with van der Waals surface area (Å²) < 4.78 is 7.21. The zero-order valence-corrected chi connectivity index (χ0v) is 19.0. The molecule has 0 aliphatic carbocycles. The maximum atomic E-state index is 13.5. The molecule has 0 N–H and O–H groups in total. The number of rotatable bonds is 10. The van der Waals surface area contributed by atoms with Crippen LogP contribution in [0.25, 0.3) is 0 Å². The fraction of sp³-hybridized carbons (Fsp3) is 0.308. The number of aromatic nitrogens is 1. The Bertz CT molecular complexity index is 1030. The quantitative estimate of drug-likeness (QED) is 0.490. The molecule has 0 radical (unpaired) electrons. The molecule has 0 atom stereocenters. The van der Waals surface area contributed by atoms with Gasteiger partial charge in [0.2, 0.25) is 5.91 Å². The van der Waals surface area contributed by atoms with E-state index in [1.165, 1.54) is 0 Å². The van der Waals surface area contributed by atoms with E-state index < -0.39 is 0 Å². The van der Waals surface area contributed by atoms with Gasteiger partial charge in [0.25, 0.3) is 5.91 Å². The van der Waals surface area contributed by atoms with E-state index in [-0.39, 0.29) is 18.4 Å². The van der Waals surface area contributed by atoms with E-state index in [9.17, 15) is 9.59 Å². The van der Waals surface area contributed by atoms with Crippen molar-refractivity contribution in [1.82, 2.24) is 14.4 Å². The summed E-state index contributed by atoms with van der Waals surface area (Å²) in [5.41, 5.74) is 3.57. The number of amides is 2. The summed E-state index contributed by atoms with van der Waals surface area (Å²) in [7, 11) is 3.56. The number of nitrogens with zero attached hydrogens (tertiary/aromatic N) is 3. The van der Waals surface area contributed by atoms with Gasteiger partial charge in [-0.3, -0.25) is 9.59 Å². The number of benzene rings is 2. The first-order chi connectivity index (χ1) is 15.5. The van der Waals surface area contributed by atoms with Gasteiger partial charge < -0.3 is 19.1 Å². The van der Waals surface area contributed by atoms with Gasteiger partial charge in [0.05, 0.1) is 13.2 Å². The molecular weight excluding hydrogens is 402 g/mol. The molecule has 32 heavy (non-hydrogen) atoms. The lowest BCUT2D eigenvalue weighted by Gasteiger charge is -2.28. The normalized spacial score (nSPS) is 10.7. The standard InChI is InChI=1S/C26H31N3O3/c1-21-10-7-8-14-24(21)26(31)28(16-17-32-3)20-25(30)29(18-22-11-5-4-6-12-22)19-23-13-9-15-27(23)2/h4-15H,16-20H2,1-3H3. The molecule has 0 spiro atoms. The monoisotopic (exact) mass is 433 g/mol. The maximum absolute atomic E-state index is 13.5. The van der Waals surface area contributed by atoms with Crippen LogP contribution in [-0.2, 0) is 29.7 Å². The highest BCUT2D eigenvalue weighted by Crippen LogP contribution is 2.14. The Kier molecular flexibility index (Phi) is 8.22. The Labute approximate surface area is 190 Å². The van der Waals surface area contributed by atoms with Crippen molar-refractivity contribution in [2.45, 2.75) is 20.0 Å². The van der Waals surface area contributed by atoms with Crippen LogP contribution >= 0.6 is 0 Å². The molecule has 0 unspecified atom stereocenters. The van der Waals surface area contributed by atoms with Crippen molar-refractivity contribution in [3.63, 3.8) is 0 Å². The minimum absolute atomic E-state index is 0.00617. The van der Waals surface area contributed by atoms with Crippen LogP contribution in [0.3, 0.4) is 0 Å². The van der Waals surface area contributed by atoms with Gasteiger partial charge in [0.1, 0.15) is 6.54 Å². The van der Waals surface area contributed by atoms with Gasteiger partial charge in [-0.05, 0) is 36.2 Å². The average Bonchev–Trinajstić information content (AvgIpc) is 3.21. The number of aryl methyl sites for hydroxylation is 2. The number of methoxy groups -OCH3 is 1. The Balaban J connectivity index is 1.82. The van der Waals surface area contributed by atoms with E-state index in [2.05, 4.69) is 0 Å². The third-order valence-electron chi connectivity index (χ3n) is 5.53. The molecule has 0 fully saturated rings. The highest BCUT2D eigenvalue weighted by Gasteiger charge is 2.24. The second kappa shape index (κ2) is 11.3. The van der Waals surface area contributed by atoms with Gasteiger partial charge >= 0.3 is 0 Å². The van der Waals surface area contributed by atoms with E-state index in [4.69, 9.17) is 4.74 Å². The first-order valence-corrected chi connectivity index (χ1v) is 10.8. The Morgan fingerprint density at radius 3 is 2.28 bits per heavy atom. The lowest BCUT2D eigenvalue weighted by molar-refractivity contribution is -0.133. The van der Waals surface area contributed by atoms with Gasteiger partial charge in [-0.25, -0.2) is 0 Å². The van der Waals surface area contributed by atoms with Crippen molar-refractivity contribution < 1.29 is 14.3 Å². The molecule has 0 saturated carbocycles. The molecule has 6 heteroatoms. The SMILES string of the molecule is COCCN(CC(=O)N(Cc1ccccc1)Cc1cccn1C)C(=O)c1ccccc1C. The second-order valence-electron chi connectivity index (χ2n) is 7.88. The Morgan fingerprint density at radius 2 is 1.62 bits per heavy atom. The summed E-state index contributed by atoms with van der Waals surface area (Å²) in [6.45, 7) is 3.55. The lowest BCUT2D eigenvalue weighted by atomic mass is 10.1. The van der Waals surface area contributed by atoms with Gasteiger partial charge in [-0.1, -0.05) is 48.5 Å². The Morgan fingerprint density at radius 1 is 0.906 bits per heavy atom. The molecule has 0 bridgehead atoms. The molecule has 3 aromatic rings. The lowest BCUT2D eigenvalue weighted by Crippen LogP contribution is -2.44. The maximum Gasteiger partial charge on any atom is 0.254 e. The first-order valence-electron chi connectivity index (χ1n) is 10.8. The van der Waals surface area contributed by atoms with Crippen molar-refractivity contribution in [3.8, 4) is 0 Å². The molecule has 168 valence electrons. The fourth-order valence-corrected chi connectivity index (χ4v) is 3.59. The van der Waals surface area contributed by atoms with Crippen molar-refractivity contribution in [1.29, 1.82) is 0 Å².